The Morgan fingerprint density at radius 1 is 1.09 bits per heavy atom. The van der Waals surface area contributed by atoms with Crippen molar-refractivity contribution < 1.29 is 24.9 Å². The third kappa shape index (κ3) is 2.42. The van der Waals surface area contributed by atoms with Crippen LogP contribution in [0, 0.1) is 0 Å². The molecule has 0 saturated heterocycles. The van der Waals surface area contributed by atoms with Crippen molar-refractivity contribution in [2.45, 2.75) is 6.54 Å². The quantitative estimate of drug-likeness (QED) is 0.672. The highest BCUT2D eigenvalue weighted by Gasteiger charge is 2.26. The van der Waals surface area contributed by atoms with E-state index in [4.69, 9.17) is 5.11 Å². The second-order valence-electron chi connectivity index (χ2n) is 4.78. The zero-order valence-electron chi connectivity index (χ0n) is 11.7. The number of hydrogen-bond donors (Lipinski definition) is 4. The summed E-state index contributed by atoms with van der Waals surface area (Å²) in [6.07, 6.45) is 0. The summed E-state index contributed by atoms with van der Waals surface area (Å²) in [5.41, 5.74) is 0.512. The zero-order valence-corrected chi connectivity index (χ0v) is 11.7. The highest BCUT2D eigenvalue weighted by Crippen LogP contribution is 2.36. The largest absolute Gasteiger partial charge is 0.494 e. The van der Waals surface area contributed by atoms with Crippen LogP contribution in [0.4, 0.5) is 11.4 Å². The van der Waals surface area contributed by atoms with E-state index in [1.165, 1.54) is 18.2 Å². The Morgan fingerprint density at radius 2 is 1.83 bits per heavy atom. The minimum atomic E-state index is -0.679. The summed E-state index contributed by atoms with van der Waals surface area (Å²) in [6, 6.07) is 5.77. The third-order valence-corrected chi connectivity index (χ3v) is 3.38. The summed E-state index contributed by atoms with van der Waals surface area (Å²) in [6.45, 7) is -0.277. The van der Waals surface area contributed by atoms with E-state index in [-0.39, 0.29) is 47.4 Å². The first-order valence-corrected chi connectivity index (χ1v) is 6.65. The molecule has 0 spiro atoms. The number of hydrogen-bond acceptors (Lipinski definition) is 6. The SMILES string of the molecule is O=C1N=NC(=O)c2c(Nc3cc(O)n(CCO)c3O)cccc21. The number of amides is 2. The van der Waals surface area contributed by atoms with Crippen LogP contribution in [0.5, 0.6) is 11.8 Å². The van der Waals surface area contributed by atoms with Crippen LogP contribution >= 0.6 is 0 Å². The van der Waals surface area contributed by atoms with Crippen LogP contribution in [-0.4, -0.2) is 38.3 Å². The van der Waals surface area contributed by atoms with Gasteiger partial charge < -0.3 is 20.6 Å². The number of fused-ring (bicyclic) bond motifs is 1. The van der Waals surface area contributed by atoms with E-state index in [9.17, 15) is 19.8 Å². The van der Waals surface area contributed by atoms with Crippen LogP contribution in [0.1, 0.15) is 20.7 Å². The zero-order chi connectivity index (χ0) is 16.6. The van der Waals surface area contributed by atoms with Gasteiger partial charge in [0.05, 0.1) is 30.0 Å². The first kappa shape index (κ1) is 14.7. The molecule has 0 radical (unpaired) electrons. The van der Waals surface area contributed by atoms with Gasteiger partial charge in [-0.25, -0.2) is 0 Å². The smallest absolute Gasteiger partial charge is 0.298 e. The van der Waals surface area contributed by atoms with Gasteiger partial charge in [-0.1, -0.05) is 6.07 Å². The molecule has 0 fully saturated rings. The number of carbonyl (C=O) groups is 2. The Bertz CT molecular complexity index is 840. The van der Waals surface area contributed by atoms with Crippen molar-refractivity contribution >= 4 is 23.2 Å². The van der Waals surface area contributed by atoms with E-state index in [2.05, 4.69) is 15.5 Å². The van der Waals surface area contributed by atoms with Gasteiger partial charge in [0.2, 0.25) is 5.88 Å². The number of nitrogens with one attached hydrogen (secondary N) is 1. The molecule has 23 heavy (non-hydrogen) atoms. The van der Waals surface area contributed by atoms with E-state index in [0.717, 1.165) is 4.57 Å². The first-order chi connectivity index (χ1) is 11.0. The number of nitrogens with zero attached hydrogens (tertiary/aromatic N) is 3. The molecular weight excluding hydrogens is 304 g/mol. The van der Waals surface area contributed by atoms with Gasteiger partial charge in [0.25, 0.3) is 11.8 Å². The number of anilines is 2. The fourth-order valence-electron chi connectivity index (χ4n) is 2.34. The van der Waals surface area contributed by atoms with Gasteiger partial charge in [-0.3, -0.25) is 14.2 Å². The van der Waals surface area contributed by atoms with E-state index >= 15 is 0 Å². The van der Waals surface area contributed by atoms with Crippen LogP contribution in [0.2, 0.25) is 0 Å². The van der Waals surface area contributed by atoms with Crippen molar-refractivity contribution in [2.24, 2.45) is 10.2 Å². The summed E-state index contributed by atoms with van der Waals surface area (Å²) < 4.78 is 1.09. The van der Waals surface area contributed by atoms with Crippen molar-refractivity contribution in [1.82, 2.24) is 4.57 Å². The third-order valence-electron chi connectivity index (χ3n) is 3.38. The van der Waals surface area contributed by atoms with Gasteiger partial charge in [0.15, 0.2) is 5.88 Å². The Balaban J connectivity index is 2.03. The molecule has 2 aromatic rings. The monoisotopic (exact) mass is 316 g/mol. The summed E-state index contributed by atoms with van der Waals surface area (Å²) in [5.74, 6) is -1.88. The Labute approximate surface area is 129 Å². The molecule has 1 aliphatic heterocycles. The van der Waals surface area contributed by atoms with Gasteiger partial charge in [0, 0.05) is 6.07 Å². The average molecular weight is 316 g/mol. The molecule has 1 aromatic carbocycles. The molecule has 9 heteroatoms. The number of carbonyl (C=O) groups excluding carboxylic acids is 2. The fourth-order valence-corrected chi connectivity index (χ4v) is 2.34. The summed E-state index contributed by atoms with van der Waals surface area (Å²) in [4.78, 5) is 23.6. The Hall–Kier alpha value is -3.20. The van der Waals surface area contributed by atoms with Crippen LogP contribution in [0.15, 0.2) is 34.5 Å². The number of rotatable bonds is 4. The summed E-state index contributed by atoms with van der Waals surface area (Å²) in [7, 11) is 0. The minimum Gasteiger partial charge on any atom is -0.494 e. The topological polar surface area (TPSA) is 137 Å². The molecule has 0 bridgehead atoms. The van der Waals surface area contributed by atoms with Crippen LogP contribution in [-0.2, 0) is 6.54 Å². The van der Waals surface area contributed by atoms with Gasteiger partial charge in [0.1, 0.15) is 5.69 Å². The van der Waals surface area contributed by atoms with Crippen molar-refractivity contribution in [3.05, 3.63) is 35.4 Å². The van der Waals surface area contributed by atoms with E-state index in [1.54, 1.807) is 6.07 Å². The van der Waals surface area contributed by atoms with Crippen LogP contribution < -0.4 is 5.32 Å². The van der Waals surface area contributed by atoms with E-state index in [0.29, 0.717) is 0 Å². The second-order valence-corrected chi connectivity index (χ2v) is 4.78. The van der Waals surface area contributed by atoms with Crippen LogP contribution in [0.25, 0.3) is 0 Å². The Kier molecular flexibility index (Phi) is 3.54. The normalized spacial score (nSPS) is 13.3. The number of aromatic nitrogens is 1. The van der Waals surface area contributed by atoms with Crippen molar-refractivity contribution in [3.63, 3.8) is 0 Å². The van der Waals surface area contributed by atoms with Crippen molar-refractivity contribution in [1.29, 1.82) is 0 Å². The average Bonchev–Trinajstić information content (AvgIpc) is 2.79. The highest BCUT2D eigenvalue weighted by molar-refractivity contribution is 6.14. The molecule has 1 aliphatic rings. The molecule has 0 unspecified atom stereocenters. The molecule has 118 valence electrons. The van der Waals surface area contributed by atoms with Gasteiger partial charge in [-0.15, -0.1) is 10.2 Å². The molecule has 3 rings (SSSR count). The number of azo groups is 1. The first-order valence-electron chi connectivity index (χ1n) is 6.65. The lowest BCUT2D eigenvalue weighted by Crippen LogP contribution is -2.13. The molecule has 9 nitrogen and oxygen atoms in total. The number of aliphatic hydroxyl groups is 1. The van der Waals surface area contributed by atoms with E-state index in [1.807, 2.05) is 0 Å². The van der Waals surface area contributed by atoms with Crippen LogP contribution in [0.3, 0.4) is 0 Å². The molecule has 0 atom stereocenters. The summed E-state index contributed by atoms with van der Waals surface area (Å²) in [5, 5.41) is 38.0. The predicted molar refractivity (Wildman–Crippen MR) is 78.1 cm³/mol. The van der Waals surface area contributed by atoms with Gasteiger partial charge in [-0.05, 0) is 12.1 Å². The highest BCUT2D eigenvalue weighted by atomic mass is 16.3. The lowest BCUT2D eigenvalue weighted by Gasteiger charge is -2.13. The molecule has 2 amide bonds. The number of aromatic hydroxyl groups is 2. The molecule has 0 saturated carbocycles. The molecular formula is C14H12N4O5. The lowest BCUT2D eigenvalue weighted by molar-refractivity contribution is 0.0921. The maximum absolute atomic E-state index is 11.9. The molecule has 4 N–H and O–H groups in total. The molecule has 1 aromatic heterocycles. The van der Waals surface area contributed by atoms with Gasteiger partial charge in [-0.2, -0.15) is 0 Å². The molecule has 0 aliphatic carbocycles. The standard InChI is InChI=1S/C14H12N4O5/c19-5-4-18-10(20)6-9(14(18)23)15-8-3-1-2-7-11(8)13(22)17-16-12(7)21/h1-3,6,15,19-20,23H,4-5H2. The Morgan fingerprint density at radius 3 is 2.57 bits per heavy atom. The maximum atomic E-state index is 11.9. The predicted octanol–water partition coefficient (Wildman–Crippen LogP) is 1.38. The van der Waals surface area contributed by atoms with Crippen molar-refractivity contribution in [2.75, 3.05) is 11.9 Å². The maximum Gasteiger partial charge on any atom is 0.298 e. The number of aliphatic hydroxyl groups excluding tert-OH is 1. The number of benzene rings is 1. The van der Waals surface area contributed by atoms with Crippen molar-refractivity contribution in [3.8, 4) is 11.8 Å². The summed E-state index contributed by atoms with van der Waals surface area (Å²) >= 11 is 0. The van der Waals surface area contributed by atoms with Gasteiger partial charge >= 0.3 is 0 Å². The van der Waals surface area contributed by atoms with E-state index < -0.39 is 11.8 Å². The lowest BCUT2D eigenvalue weighted by atomic mass is 10.0. The fraction of sp³-hybridized carbons (Fsp3) is 0.143. The minimum absolute atomic E-state index is 0.00211. The molecule has 2 heterocycles. The second kappa shape index (κ2) is 5.54.